The third-order valence-corrected chi connectivity index (χ3v) is 3.47. The van der Waals surface area contributed by atoms with Crippen LogP contribution in [0.15, 0.2) is 22.8 Å². The van der Waals surface area contributed by atoms with Gasteiger partial charge in [0.15, 0.2) is 0 Å². The number of pyridine rings is 1. The predicted octanol–water partition coefficient (Wildman–Crippen LogP) is 1.78. The number of carboxylic acids is 1. The fourth-order valence-electron chi connectivity index (χ4n) is 1.27. The van der Waals surface area contributed by atoms with Crippen molar-refractivity contribution in [2.24, 2.45) is 0 Å². The first-order valence-electron chi connectivity index (χ1n) is 5.19. The van der Waals surface area contributed by atoms with E-state index in [1.165, 1.54) is 18.0 Å². The fourth-order valence-corrected chi connectivity index (χ4v) is 2.18. The van der Waals surface area contributed by atoms with Crippen molar-refractivity contribution in [2.75, 3.05) is 12.0 Å². The van der Waals surface area contributed by atoms with Crippen LogP contribution < -0.4 is 5.32 Å². The van der Waals surface area contributed by atoms with Crippen LogP contribution in [0.25, 0.3) is 0 Å². The molecule has 1 heterocycles. The molecule has 1 amide bonds. The number of amides is 1. The van der Waals surface area contributed by atoms with E-state index in [4.69, 9.17) is 5.11 Å². The zero-order valence-corrected chi connectivity index (χ0v) is 12.1. The maximum absolute atomic E-state index is 11.9. The van der Waals surface area contributed by atoms with Crippen molar-refractivity contribution in [3.63, 3.8) is 0 Å². The second kappa shape index (κ2) is 7.38. The molecule has 1 rings (SSSR count). The molecule has 18 heavy (non-hydrogen) atoms. The molecule has 0 saturated heterocycles. The van der Waals surface area contributed by atoms with Gasteiger partial charge in [0.25, 0.3) is 5.91 Å². The van der Waals surface area contributed by atoms with Crippen molar-refractivity contribution in [3.05, 3.63) is 28.5 Å². The van der Waals surface area contributed by atoms with Gasteiger partial charge in [0.05, 0.1) is 0 Å². The molecule has 1 aromatic heterocycles. The third kappa shape index (κ3) is 4.30. The van der Waals surface area contributed by atoms with E-state index in [0.29, 0.717) is 16.6 Å². The summed E-state index contributed by atoms with van der Waals surface area (Å²) < 4.78 is 0.538. The van der Waals surface area contributed by atoms with Crippen LogP contribution in [0, 0.1) is 0 Å². The van der Waals surface area contributed by atoms with Crippen molar-refractivity contribution in [1.29, 1.82) is 0 Å². The Balaban J connectivity index is 2.72. The summed E-state index contributed by atoms with van der Waals surface area (Å²) in [4.78, 5) is 26.8. The number of aliphatic carboxylic acids is 1. The maximum atomic E-state index is 11.9. The minimum absolute atomic E-state index is 0.188. The molecule has 5 nitrogen and oxygen atoms in total. The van der Waals surface area contributed by atoms with Crippen molar-refractivity contribution in [2.45, 2.75) is 12.5 Å². The number of hydrogen-bond acceptors (Lipinski definition) is 4. The summed E-state index contributed by atoms with van der Waals surface area (Å²) in [7, 11) is 0. The van der Waals surface area contributed by atoms with Crippen LogP contribution in [0.4, 0.5) is 0 Å². The summed E-state index contributed by atoms with van der Waals surface area (Å²) in [5.74, 6) is -0.860. The summed E-state index contributed by atoms with van der Waals surface area (Å²) in [5, 5.41) is 11.5. The number of nitrogens with one attached hydrogen (secondary N) is 1. The largest absolute Gasteiger partial charge is 0.480 e. The molecule has 0 saturated carbocycles. The lowest BCUT2D eigenvalue weighted by atomic mass is 10.2. The molecular weight excluding hydrogens is 320 g/mol. The van der Waals surface area contributed by atoms with E-state index < -0.39 is 17.9 Å². The highest BCUT2D eigenvalue weighted by Gasteiger charge is 2.21. The number of halogens is 1. The first kappa shape index (κ1) is 15.0. The summed E-state index contributed by atoms with van der Waals surface area (Å²) >= 11 is 4.74. The van der Waals surface area contributed by atoms with Gasteiger partial charge in [0, 0.05) is 10.7 Å². The molecule has 7 heteroatoms. The number of hydrogen-bond donors (Lipinski definition) is 2. The molecule has 0 fully saturated rings. The van der Waals surface area contributed by atoms with Crippen LogP contribution in [0.5, 0.6) is 0 Å². The van der Waals surface area contributed by atoms with Gasteiger partial charge in [-0.3, -0.25) is 4.79 Å². The fraction of sp³-hybridized carbons (Fsp3) is 0.364. The zero-order chi connectivity index (χ0) is 13.5. The van der Waals surface area contributed by atoms with Crippen LogP contribution in [-0.2, 0) is 4.79 Å². The first-order chi connectivity index (χ1) is 8.56. The Morgan fingerprint density at radius 1 is 1.61 bits per heavy atom. The molecule has 0 spiro atoms. The lowest BCUT2D eigenvalue weighted by molar-refractivity contribution is -0.139. The van der Waals surface area contributed by atoms with Gasteiger partial charge in [0.2, 0.25) is 0 Å². The Kier molecular flexibility index (Phi) is 6.14. The van der Waals surface area contributed by atoms with Gasteiger partial charge in [-0.2, -0.15) is 11.8 Å². The highest BCUT2D eigenvalue weighted by atomic mass is 79.9. The van der Waals surface area contributed by atoms with Crippen LogP contribution in [0.1, 0.15) is 16.9 Å². The molecule has 0 bridgehead atoms. The number of thioether (sulfide) groups is 1. The van der Waals surface area contributed by atoms with Crippen LogP contribution in [0.3, 0.4) is 0 Å². The highest BCUT2D eigenvalue weighted by Crippen LogP contribution is 2.13. The van der Waals surface area contributed by atoms with Gasteiger partial charge in [-0.25, -0.2) is 9.78 Å². The maximum Gasteiger partial charge on any atom is 0.326 e. The topological polar surface area (TPSA) is 79.3 Å². The summed E-state index contributed by atoms with van der Waals surface area (Å²) in [6.07, 6.45) is 3.75. The van der Waals surface area contributed by atoms with Gasteiger partial charge >= 0.3 is 5.97 Å². The van der Waals surface area contributed by atoms with E-state index in [9.17, 15) is 9.59 Å². The van der Waals surface area contributed by atoms with E-state index in [1.54, 1.807) is 12.1 Å². The average Bonchev–Trinajstić information content (AvgIpc) is 2.34. The Morgan fingerprint density at radius 2 is 2.33 bits per heavy atom. The van der Waals surface area contributed by atoms with E-state index in [2.05, 4.69) is 26.2 Å². The molecular formula is C11H13BrN2O3S. The molecule has 0 aromatic carbocycles. The van der Waals surface area contributed by atoms with Crippen molar-refractivity contribution in [3.8, 4) is 0 Å². The summed E-state index contributed by atoms with van der Waals surface area (Å²) in [6.45, 7) is 0. The van der Waals surface area contributed by atoms with E-state index in [0.717, 1.165) is 0 Å². The third-order valence-electron chi connectivity index (χ3n) is 2.19. The monoisotopic (exact) mass is 332 g/mol. The predicted molar refractivity (Wildman–Crippen MR) is 73.8 cm³/mol. The van der Waals surface area contributed by atoms with Gasteiger partial charge in [-0.15, -0.1) is 0 Å². The minimum atomic E-state index is -1.04. The Morgan fingerprint density at radius 3 is 2.89 bits per heavy atom. The number of carbonyl (C=O) groups is 2. The Hall–Kier alpha value is -1.08. The van der Waals surface area contributed by atoms with E-state index in [1.807, 2.05) is 6.26 Å². The van der Waals surface area contributed by atoms with Crippen LogP contribution in [0.2, 0.25) is 0 Å². The summed E-state index contributed by atoms with van der Waals surface area (Å²) in [5.41, 5.74) is 0.188. The van der Waals surface area contributed by atoms with Crippen LogP contribution in [-0.4, -0.2) is 40.0 Å². The molecule has 0 radical (unpaired) electrons. The Bertz CT molecular complexity index is 442. The smallest absolute Gasteiger partial charge is 0.326 e. The molecule has 0 unspecified atom stereocenters. The summed E-state index contributed by atoms with van der Waals surface area (Å²) in [6, 6.07) is 2.47. The Labute approximate surface area is 117 Å². The second-order valence-corrected chi connectivity index (χ2v) is 5.32. The van der Waals surface area contributed by atoms with Gasteiger partial charge in [0.1, 0.15) is 11.7 Å². The van der Waals surface area contributed by atoms with Gasteiger partial charge in [-0.05, 0) is 46.5 Å². The van der Waals surface area contributed by atoms with Crippen molar-refractivity contribution >= 4 is 39.6 Å². The SMILES string of the molecule is CSCC[C@@H](NC(=O)c1ncccc1Br)C(=O)O. The minimum Gasteiger partial charge on any atom is -0.480 e. The van der Waals surface area contributed by atoms with Crippen molar-refractivity contribution in [1.82, 2.24) is 10.3 Å². The van der Waals surface area contributed by atoms with Gasteiger partial charge in [-0.1, -0.05) is 0 Å². The number of aromatic nitrogens is 1. The highest BCUT2D eigenvalue weighted by molar-refractivity contribution is 9.10. The number of rotatable bonds is 6. The molecule has 0 aliphatic heterocycles. The number of carbonyl (C=O) groups excluding carboxylic acids is 1. The standard InChI is InChI=1S/C11H13BrN2O3S/c1-18-6-4-8(11(16)17)14-10(15)9-7(12)3-2-5-13-9/h2-3,5,8H,4,6H2,1H3,(H,14,15)(H,16,17)/t8-/m1/s1. The molecule has 2 N–H and O–H groups in total. The van der Waals surface area contributed by atoms with Crippen LogP contribution >= 0.6 is 27.7 Å². The lowest BCUT2D eigenvalue weighted by Gasteiger charge is -2.13. The molecule has 98 valence electrons. The number of nitrogens with zero attached hydrogens (tertiary/aromatic N) is 1. The van der Waals surface area contributed by atoms with E-state index in [-0.39, 0.29) is 5.69 Å². The molecule has 0 aliphatic carbocycles. The van der Waals surface area contributed by atoms with Gasteiger partial charge < -0.3 is 10.4 Å². The molecule has 0 aliphatic rings. The second-order valence-electron chi connectivity index (χ2n) is 3.48. The quantitative estimate of drug-likeness (QED) is 0.830. The molecule has 1 aromatic rings. The lowest BCUT2D eigenvalue weighted by Crippen LogP contribution is -2.41. The first-order valence-corrected chi connectivity index (χ1v) is 7.38. The average molecular weight is 333 g/mol. The zero-order valence-electron chi connectivity index (χ0n) is 9.72. The number of carboxylic acid groups (broad SMARTS) is 1. The van der Waals surface area contributed by atoms with E-state index >= 15 is 0 Å². The normalized spacial score (nSPS) is 11.9. The van der Waals surface area contributed by atoms with Crippen molar-refractivity contribution < 1.29 is 14.7 Å². The molecule has 1 atom stereocenters.